The summed E-state index contributed by atoms with van der Waals surface area (Å²) < 4.78 is 2.32. The van der Waals surface area contributed by atoms with Gasteiger partial charge in [-0.25, -0.2) is 4.98 Å². The first-order valence-electron chi connectivity index (χ1n) is 7.18. The van der Waals surface area contributed by atoms with Gasteiger partial charge >= 0.3 is 0 Å². The number of imidazole rings is 1. The molecule has 2 aromatic heterocycles. The normalized spacial score (nSPS) is 13.2. The zero-order valence-corrected chi connectivity index (χ0v) is 14.1. The molecule has 4 heteroatoms. The summed E-state index contributed by atoms with van der Waals surface area (Å²) in [6.45, 7) is 6.60. The van der Waals surface area contributed by atoms with E-state index in [-0.39, 0.29) is 6.04 Å². The van der Waals surface area contributed by atoms with Gasteiger partial charge in [0.1, 0.15) is 5.82 Å². The van der Waals surface area contributed by atoms with Crippen LogP contribution < -0.4 is 0 Å². The van der Waals surface area contributed by atoms with E-state index in [2.05, 4.69) is 61.1 Å². The molecule has 0 N–H and O–H groups in total. The maximum Gasteiger partial charge on any atom is 0.125 e. The van der Waals surface area contributed by atoms with Crippen LogP contribution in [0.25, 0.3) is 11.0 Å². The Morgan fingerprint density at radius 1 is 1.29 bits per heavy atom. The van der Waals surface area contributed by atoms with E-state index in [1.165, 1.54) is 16.0 Å². The van der Waals surface area contributed by atoms with Gasteiger partial charge in [0.05, 0.1) is 23.0 Å². The Hall–Kier alpha value is -1.32. The summed E-state index contributed by atoms with van der Waals surface area (Å²) in [6, 6.07) is 11.0. The predicted octanol–water partition coefficient (Wildman–Crippen LogP) is 5.39. The molecule has 110 valence electrons. The number of nitrogens with zero attached hydrogens (tertiary/aromatic N) is 2. The summed E-state index contributed by atoms with van der Waals surface area (Å²) in [4.78, 5) is 6.10. The van der Waals surface area contributed by atoms with Gasteiger partial charge in [-0.1, -0.05) is 26.0 Å². The van der Waals surface area contributed by atoms with Gasteiger partial charge in [-0.15, -0.1) is 22.9 Å². The molecule has 3 rings (SSSR count). The minimum atomic E-state index is 0.284. The van der Waals surface area contributed by atoms with Crippen LogP contribution >= 0.6 is 22.9 Å². The molecule has 0 aliphatic rings. The molecule has 0 aliphatic carbocycles. The third kappa shape index (κ3) is 2.60. The van der Waals surface area contributed by atoms with Crippen LogP contribution in [0.4, 0.5) is 0 Å². The van der Waals surface area contributed by atoms with Gasteiger partial charge in [0.2, 0.25) is 0 Å². The fourth-order valence-electron chi connectivity index (χ4n) is 2.88. The molecule has 0 amide bonds. The quantitative estimate of drug-likeness (QED) is 0.590. The van der Waals surface area contributed by atoms with E-state index >= 15 is 0 Å². The van der Waals surface area contributed by atoms with Crippen molar-refractivity contribution in [3.8, 4) is 0 Å². The van der Waals surface area contributed by atoms with Crippen LogP contribution in [0.15, 0.2) is 35.7 Å². The molecule has 0 spiro atoms. The number of halogens is 1. The van der Waals surface area contributed by atoms with Crippen LogP contribution in [0.3, 0.4) is 0 Å². The lowest BCUT2D eigenvalue weighted by atomic mass is 10.0. The molecule has 0 bridgehead atoms. The van der Waals surface area contributed by atoms with Gasteiger partial charge in [0.25, 0.3) is 0 Å². The second-order valence-corrected chi connectivity index (χ2v) is 6.97. The summed E-state index contributed by atoms with van der Waals surface area (Å²) in [5.41, 5.74) is 3.43. The van der Waals surface area contributed by atoms with Gasteiger partial charge < -0.3 is 4.57 Å². The highest BCUT2D eigenvalue weighted by Crippen LogP contribution is 2.34. The van der Waals surface area contributed by atoms with E-state index in [0.29, 0.717) is 11.8 Å². The molecule has 0 saturated heterocycles. The molecule has 1 atom stereocenters. The molecule has 1 unspecified atom stereocenters. The van der Waals surface area contributed by atoms with Crippen molar-refractivity contribution in [3.63, 3.8) is 0 Å². The maximum atomic E-state index is 6.17. The Morgan fingerprint density at radius 2 is 2.10 bits per heavy atom. The first-order valence-corrected chi connectivity index (χ1v) is 8.60. The van der Waals surface area contributed by atoms with E-state index in [4.69, 9.17) is 16.6 Å². The monoisotopic (exact) mass is 318 g/mol. The molecule has 21 heavy (non-hydrogen) atoms. The number of aryl methyl sites for hydroxylation is 1. The topological polar surface area (TPSA) is 17.8 Å². The number of hydrogen-bond donors (Lipinski definition) is 0. The van der Waals surface area contributed by atoms with Crippen LogP contribution in [-0.2, 0) is 5.88 Å². The van der Waals surface area contributed by atoms with Crippen LogP contribution in [0.5, 0.6) is 0 Å². The lowest BCUT2D eigenvalue weighted by Gasteiger charge is -2.24. The first kappa shape index (κ1) is 14.6. The van der Waals surface area contributed by atoms with Crippen LogP contribution in [0.1, 0.15) is 36.2 Å². The van der Waals surface area contributed by atoms with Crippen LogP contribution in [-0.4, -0.2) is 9.55 Å². The van der Waals surface area contributed by atoms with E-state index < -0.39 is 0 Å². The number of aromatic nitrogens is 2. The van der Waals surface area contributed by atoms with Crippen LogP contribution in [0, 0.1) is 12.8 Å². The Labute approximate surface area is 134 Å². The molecule has 0 fully saturated rings. The largest absolute Gasteiger partial charge is 0.318 e. The highest BCUT2D eigenvalue weighted by atomic mass is 35.5. The minimum absolute atomic E-state index is 0.284. The van der Waals surface area contributed by atoms with E-state index in [1.807, 2.05) is 0 Å². The van der Waals surface area contributed by atoms with Gasteiger partial charge in [0, 0.05) is 4.88 Å². The Kier molecular flexibility index (Phi) is 4.05. The van der Waals surface area contributed by atoms with Crippen LogP contribution in [0.2, 0.25) is 0 Å². The molecule has 2 nitrogen and oxygen atoms in total. The van der Waals surface area contributed by atoms with Crippen molar-refractivity contribution in [2.24, 2.45) is 5.92 Å². The molecule has 0 saturated carbocycles. The Morgan fingerprint density at radius 3 is 2.71 bits per heavy atom. The molecular formula is C17H19ClN2S. The first-order chi connectivity index (χ1) is 10.1. The average Bonchev–Trinajstić information content (AvgIpc) is 3.07. The molecule has 0 radical (unpaired) electrons. The smallest absolute Gasteiger partial charge is 0.125 e. The highest BCUT2D eigenvalue weighted by Gasteiger charge is 2.24. The van der Waals surface area contributed by atoms with Gasteiger partial charge in [0.15, 0.2) is 0 Å². The van der Waals surface area contributed by atoms with Crippen molar-refractivity contribution in [1.82, 2.24) is 9.55 Å². The van der Waals surface area contributed by atoms with Crippen molar-refractivity contribution in [3.05, 3.63) is 52.0 Å². The third-order valence-electron chi connectivity index (χ3n) is 3.78. The van der Waals surface area contributed by atoms with Crippen molar-refractivity contribution in [2.45, 2.75) is 32.7 Å². The highest BCUT2D eigenvalue weighted by molar-refractivity contribution is 7.10. The number of rotatable bonds is 4. The van der Waals surface area contributed by atoms with Crippen molar-refractivity contribution in [1.29, 1.82) is 0 Å². The Balaban J connectivity index is 2.26. The second-order valence-electron chi connectivity index (χ2n) is 5.73. The Bertz CT molecular complexity index is 744. The number of thiophene rings is 1. The number of benzene rings is 1. The zero-order chi connectivity index (χ0) is 15.0. The van der Waals surface area contributed by atoms with E-state index in [0.717, 1.165) is 11.3 Å². The predicted molar refractivity (Wildman–Crippen MR) is 91.3 cm³/mol. The number of alkyl halides is 1. The summed E-state index contributed by atoms with van der Waals surface area (Å²) in [5.74, 6) is 1.86. The second kappa shape index (κ2) is 5.82. The fraction of sp³-hybridized carbons (Fsp3) is 0.353. The van der Waals surface area contributed by atoms with E-state index in [9.17, 15) is 0 Å². The average molecular weight is 319 g/mol. The number of fused-ring (bicyclic) bond motifs is 1. The standard InChI is InChI=1S/C17H19ClN2S/c1-11(2)17(15-5-4-8-21-15)20-14-7-6-12(3)9-13(14)19-16(20)10-18/h4-9,11,17H,10H2,1-3H3. The van der Waals surface area contributed by atoms with E-state index in [1.54, 1.807) is 11.3 Å². The summed E-state index contributed by atoms with van der Waals surface area (Å²) in [5, 5.41) is 2.13. The lowest BCUT2D eigenvalue weighted by Crippen LogP contribution is -2.17. The minimum Gasteiger partial charge on any atom is -0.318 e. The third-order valence-corrected chi connectivity index (χ3v) is 4.96. The van der Waals surface area contributed by atoms with Gasteiger partial charge in [-0.05, 0) is 42.0 Å². The van der Waals surface area contributed by atoms with Crippen molar-refractivity contribution in [2.75, 3.05) is 0 Å². The SMILES string of the molecule is Cc1ccc2c(c1)nc(CCl)n2C(c1cccs1)C(C)C. The lowest BCUT2D eigenvalue weighted by molar-refractivity contribution is 0.444. The molecule has 3 aromatic rings. The summed E-state index contributed by atoms with van der Waals surface area (Å²) in [7, 11) is 0. The molecule has 1 aromatic carbocycles. The van der Waals surface area contributed by atoms with Crippen molar-refractivity contribution >= 4 is 34.0 Å². The van der Waals surface area contributed by atoms with Crippen molar-refractivity contribution < 1.29 is 0 Å². The van der Waals surface area contributed by atoms with Gasteiger partial charge in [-0.3, -0.25) is 0 Å². The molecule has 0 aliphatic heterocycles. The zero-order valence-electron chi connectivity index (χ0n) is 12.5. The molecular weight excluding hydrogens is 300 g/mol. The van der Waals surface area contributed by atoms with Gasteiger partial charge in [-0.2, -0.15) is 0 Å². The number of hydrogen-bond acceptors (Lipinski definition) is 2. The summed E-state index contributed by atoms with van der Waals surface area (Å²) >= 11 is 7.97. The summed E-state index contributed by atoms with van der Waals surface area (Å²) in [6.07, 6.45) is 0. The maximum absolute atomic E-state index is 6.17. The fourth-order valence-corrected chi connectivity index (χ4v) is 4.05. The molecule has 2 heterocycles.